The van der Waals surface area contributed by atoms with Crippen LogP contribution in [0.4, 0.5) is 5.69 Å². The molecular formula is C10H15Cl3N4O. The molecule has 5 nitrogen and oxygen atoms in total. The van der Waals surface area contributed by atoms with E-state index >= 15 is 0 Å². The highest BCUT2D eigenvalue weighted by Crippen LogP contribution is 2.21. The van der Waals surface area contributed by atoms with E-state index in [1.807, 2.05) is 19.0 Å². The van der Waals surface area contributed by atoms with Gasteiger partial charge in [0.2, 0.25) is 0 Å². The Morgan fingerprint density at radius 3 is 2.22 bits per heavy atom. The number of nitrogens with zero attached hydrogens (tertiary/aromatic N) is 2. The van der Waals surface area contributed by atoms with Crippen LogP contribution in [0.25, 0.3) is 0 Å². The number of hydrogen-bond donors (Lipinski definition) is 2. The number of nitrogens with two attached hydrogens (primary N) is 2. The summed E-state index contributed by atoms with van der Waals surface area (Å²) in [6.07, 6.45) is 0. The van der Waals surface area contributed by atoms with E-state index in [1.54, 1.807) is 12.1 Å². The quantitative estimate of drug-likeness (QED) is 0.642. The first kappa shape index (κ1) is 19.2. The molecule has 0 unspecified atom stereocenters. The third-order valence-corrected chi connectivity index (χ3v) is 2.09. The van der Waals surface area contributed by atoms with Crippen LogP contribution < -0.4 is 16.4 Å². The van der Waals surface area contributed by atoms with Crippen LogP contribution >= 0.6 is 36.4 Å². The van der Waals surface area contributed by atoms with Crippen molar-refractivity contribution in [2.45, 2.75) is 0 Å². The molecule has 0 aliphatic carbocycles. The van der Waals surface area contributed by atoms with Crippen molar-refractivity contribution in [1.82, 2.24) is 0 Å². The van der Waals surface area contributed by atoms with Gasteiger partial charge in [0.15, 0.2) is 5.96 Å². The van der Waals surface area contributed by atoms with Crippen LogP contribution in [0.1, 0.15) is 10.4 Å². The van der Waals surface area contributed by atoms with Gasteiger partial charge in [-0.1, -0.05) is 11.6 Å². The summed E-state index contributed by atoms with van der Waals surface area (Å²) >= 11 is 5.88. The summed E-state index contributed by atoms with van der Waals surface area (Å²) in [5, 5.41) is 0.459. The molecule has 0 saturated carbocycles. The van der Waals surface area contributed by atoms with Gasteiger partial charge in [0.1, 0.15) is 0 Å². The van der Waals surface area contributed by atoms with Crippen molar-refractivity contribution in [2.75, 3.05) is 19.0 Å². The van der Waals surface area contributed by atoms with Crippen LogP contribution in [0.3, 0.4) is 0 Å². The molecule has 0 aromatic heterocycles. The summed E-state index contributed by atoms with van der Waals surface area (Å²) < 4.78 is 0. The lowest BCUT2D eigenvalue weighted by molar-refractivity contribution is 0.100. The van der Waals surface area contributed by atoms with E-state index in [0.29, 0.717) is 10.6 Å². The standard InChI is InChI=1S/C10H13ClN4O.2ClH/c1-15(2)8-4-6(3-7(11)5-8)9(16)14-10(12)13;;/h3-5H,1-2H3,(H4,12,13,14,16);2*1H. The first-order valence-electron chi connectivity index (χ1n) is 4.52. The van der Waals surface area contributed by atoms with Gasteiger partial charge in [0.25, 0.3) is 5.91 Å². The van der Waals surface area contributed by atoms with Gasteiger partial charge in [-0.25, -0.2) is 0 Å². The number of anilines is 1. The van der Waals surface area contributed by atoms with Crippen molar-refractivity contribution in [3.05, 3.63) is 28.8 Å². The second-order valence-electron chi connectivity index (χ2n) is 3.43. The fourth-order valence-corrected chi connectivity index (χ4v) is 1.37. The van der Waals surface area contributed by atoms with Crippen molar-refractivity contribution in [3.8, 4) is 0 Å². The Morgan fingerprint density at radius 2 is 1.78 bits per heavy atom. The molecule has 0 heterocycles. The lowest BCUT2D eigenvalue weighted by atomic mass is 10.2. The Labute approximate surface area is 123 Å². The minimum atomic E-state index is -0.509. The Morgan fingerprint density at radius 1 is 1.22 bits per heavy atom. The third-order valence-electron chi connectivity index (χ3n) is 1.88. The number of carbonyl (C=O) groups excluding carboxylic acids is 1. The van der Waals surface area contributed by atoms with Crippen molar-refractivity contribution < 1.29 is 4.79 Å². The summed E-state index contributed by atoms with van der Waals surface area (Å²) in [4.78, 5) is 16.8. The van der Waals surface area contributed by atoms with Crippen LogP contribution in [-0.4, -0.2) is 26.0 Å². The van der Waals surface area contributed by atoms with Gasteiger partial charge in [-0.05, 0) is 18.2 Å². The number of benzene rings is 1. The fraction of sp³-hybridized carbons (Fsp3) is 0.200. The summed E-state index contributed by atoms with van der Waals surface area (Å²) in [7, 11) is 3.70. The minimum Gasteiger partial charge on any atom is -0.378 e. The summed E-state index contributed by atoms with van der Waals surface area (Å²) in [6.45, 7) is 0. The molecular weight excluding hydrogens is 298 g/mol. The van der Waals surface area contributed by atoms with Gasteiger partial charge < -0.3 is 16.4 Å². The number of guanidine groups is 1. The normalized spacial score (nSPS) is 8.61. The van der Waals surface area contributed by atoms with E-state index < -0.39 is 5.91 Å². The van der Waals surface area contributed by atoms with Crippen molar-refractivity contribution >= 4 is 54.0 Å². The highest BCUT2D eigenvalue weighted by atomic mass is 35.5. The molecule has 1 rings (SSSR count). The van der Waals surface area contributed by atoms with Crippen LogP contribution in [0.5, 0.6) is 0 Å². The Kier molecular flexibility index (Phi) is 8.55. The smallest absolute Gasteiger partial charge is 0.280 e. The van der Waals surface area contributed by atoms with Gasteiger partial charge in [-0.3, -0.25) is 4.79 Å². The molecule has 0 fully saturated rings. The Bertz CT molecular complexity index is 445. The van der Waals surface area contributed by atoms with E-state index in [1.165, 1.54) is 6.07 Å². The van der Waals surface area contributed by atoms with Gasteiger partial charge in [-0.15, -0.1) is 24.8 Å². The second-order valence-corrected chi connectivity index (χ2v) is 3.87. The molecule has 0 saturated heterocycles. The minimum absolute atomic E-state index is 0. The molecule has 1 amide bonds. The molecule has 1 aromatic rings. The van der Waals surface area contributed by atoms with E-state index in [-0.39, 0.29) is 30.8 Å². The van der Waals surface area contributed by atoms with Crippen LogP contribution in [-0.2, 0) is 0 Å². The highest BCUT2D eigenvalue weighted by Gasteiger charge is 2.08. The van der Waals surface area contributed by atoms with Gasteiger partial charge in [-0.2, -0.15) is 4.99 Å². The zero-order valence-electron chi connectivity index (χ0n) is 9.88. The van der Waals surface area contributed by atoms with Crippen LogP contribution in [0.15, 0.2) is 23.2 Å². The first-order chi connectivity index (χ1) is 7.40. The number of carbonyl (C=O) groups is 1. The first-order valence-corrected chi connectivity index (χ1v) is 4.90. The molecule has 102 valence electrons. The summed E-state index contributed by atoms with van der Waals surface area (Å²) in [5.74, 6) is -0.776. The molecule has 18 heavy (non-hydrogen) atoms. The fourth-order valence-electron chi connectivity index (χ4n) is 1.14. The predicted octanol–water partition coefficient (Wildman–Crippen LogP) is 1.66. The summed E-state index contributed by atoms with van der Waals surface area (Å²) in [5.41, 5.74) is 11.4. The van der Waals surface area contributed by atoms with E-state index in [4.69, 9.17) is 23.1 Å². The van der Waals surface area contributed by atoms with Gasteiger partial charge in [0.05, 0.1) is 0 Å². The average Bonchev–Trinajstić information content (AvgIpc) is 2.15. The van der Waals surface area contributed by atoms with Crippen LogP contribution in [0, 0.1) is 0 Å². The maximum atomic E-state index is 11.6. The maximum absolute atomic E-state index is 11.6. The van der Waals surface area contributed by atoms with Crippen molar-refractivity contribution in [3.63, 3.8) is 0 Å². The molecule has 0 atom stereocenters. The number of halogens is 3. The monoisotopic (exact) mass is 312 g/mol. The Hall–Kier alpha value is -1.17. The Balaban J connectivity index is 0. The molecule has 0 spiro atoms. The SMILES string of the molecule is CN(C)c1cc(Cl)cc(C(=O)N=C(N)N)c1.Cl.Cl. The third kappa shape index (κ3) is 5.44. The molecule has 0 aliphatic rings. The largest absolute Gasteiger partial charge is 0.378 e. The topological polar surface area (TPSA) is 84.7 Å². The number of hydrogen-bond acceptors (Lipinski definition) is 2. The molecule has 0 radical (unpaired) electrons. The molecule has 0 aliphatic heterocycles. The van der Waals surface area contributed by atoms with Crippen molar-refractivity contribution in [2.24, 2.45) is 16.5 Å². The zero-order chi connectivity index (χ0) is 12.3. The second kappa shape index (κ2) is 8.02. The van der Waals surface area contributed by atoms with Gasteiger partial charge >= 0.3 is 0 Å². The number of amides is 1. The number of aliphatic imine (C=N–C) groups is 1. The molecule has 8 heteroatoms. The highest BCUT2D eigenvalue weighted by molar-refractivity contribution is 6.31. The lowest BCUT2D eigenvalue weighted by Crippen LogP contribution is -2.24. The maximum Gasteiger partial charge on any atom is 0.280 e. The molecule has 4 N–H and O–H groups in total. The van der Waals surface area contributed by atoms with Crippen LogP contribution in [0.2, 0.25) is 5.02 Å². The predicted molar refractivity (Wildman–Crippen MR) is 80.4 cm³/mol. The molecule has 1 aromatic carbocycles. The zero-order valence-corrected chi connectivity index (χ0v) is 12.3. The molecule has 0 bridgehead atoms. The lowest BCUT2D eigenvalue weighted by Gasteiger charge is -2.13. The van der Waals surface area contributed by atoms with Crippen molar-refractivity contribution in [1.29, 1.82) is 0 Å². The summed E-state index contributed by atoms with van der Waals surface area (Å²) in [6, 6.07) is 4.93. The average molecular weight is 314 g/mol. The van der Waals surface area contributed by atoms with E-state index in [0.717, 1.165) is 5.69 Å². The van der Waals surface area contributed by atoms with E-state index in [2.05, 4.69) is 4.99 Å². The number of rotatable bonds is 2. The van der Waals surface area contributed by atoms with E-state index in [9.17, 15) is 4.79 Å². The van der Waals surface area contributed by atoms with Gasteiger partial charge in [0, 0.05) is 30.4 Å².